The Bertz CT molecular complexity index is 541. The summed E-state index contributed by atoms with van der Waals surface area (Å²) in [5, 5.41) is 8.01. The molecule has 1 saturated heterocycles. The van der Waals surface area contributed by atoms with Gasteiger partial charge in [0.25, 0.3) is 0 Å². The van der Waals surface area contributed by atoms with Gasteiger partial charge in [-0.1, -0.05) is 0 Å². The Morgan fingerprint density at radius 2 is 2.39 bits per heavy atom. The van der Waals surface area contributed by atoms with Crippen molar-refractivity contribution in [1.82, 2.24) is 19.6 Å². The molecule has 96 valence electrons. The van der Waals surface area contributed by atoms with Crippen LogP contribution in [0.4, 0.5) is 5.82 Å². The summed E-state index contributed by atoms with van der Waals surface area (Å²) in [6.07, 6.45) is 5.44. The number of hydrogen-bond acceptors (Lipinski definition) is 6. The largest absolute Gasteiger partial charge is 0.370 e. The van der Waals surface area contributed by atoms with E-state index in [0.717, 1.165) is 24.6 Å². The van der Waals surface area contributed by atoms with Crippen molar-refractivity contribution in [3.8, 4) is 0 Å². The Kier molecular flexibility index (Phi) is 2.85. The molecule has 1 aliphatic heterocycles. The van der Waals surface area contributed by atoms with Gasteiger partial charge in [-0.25, -0.2) is 4.98 Å². The summed E-state index contributed by atoms with van der Waals surface area (Å²) >= 11 is 0. The summed E-state index contributed by atoms with van der Waals surface area (Å²) in [5.74, 6) is 0.837. The van der Waals surface area contributed by atoms with E-state index in [4.69, 9.17) is 10.5 Å². The molecule has 0 saturated carbocycles. The van der Waals surface area contributed by atoms with E-state index in [-0.39, 0.29) is 12.2 Å². The Hall–Kier alpha value is -1.73. The fourth-order valence-corrected chi connectivity index (χ4v) is 2.32. The lowest BCUT2D eigenvalue weighted by atomic mass is 10.2. The summed E-state index contributed by atoms with van der Waals surface area (Å²) in [6, 6.07) is 0. The lowest BCUT2D eigenvalue weighted by molar-refractivity contribution is -0.0106. The van der Waals surface area contributed by atoms with Crippen LogP contribution in [-0.2, 0) is 4.74 Å². The highest BCUT2D eigenvalue weighted by Crippen LogP contribution is 2.21. The van der Waals surface area contributed by atoms with Crippen LogP contribution in [0.1, 0.15) is 6.92 Å². The standard InChI is InChI=1S/C11H16N6O/c1-8-5-17(6-9(4-12)18-8)10-11-15-14-7-16(11)3-2-13-10/h2-3,7-9H,4-6,12H2,1H3. The number of hydrogen-bond donors (Lipinski definition) is 1. The zero-order chi connectivity index (χ0) is 12.5. The molecule has 2 atom stereocenters. The monoisotopic (exact) mass is 248 g/mol. The van der Waals surface area contributed by atoms with Crippen molar-refractivity contribution < 1.29 is 4.74 Å². The number of nitrogens with two attached hydrogens (primary N) is 1. The van der Waals surface area contributed by atoms with Gasteiger partial charge in [-0.05, 0) is 6.92 Å². The van der Waals surface area contributed by atoms with Crippen molar-refractivity contribution in [3.63, 3.8) is 0 Å². The maximum absolute atomic E-state index is 5.74. The first kappa shape index (κ1) is 11.4. The molecule has 1 fully saturated rings. The van der Waals surface area contributed by atoms with Gasteiger partial charge in [0.1, 0.15) is 6.33 Å². The van der Waals surface area contributed by atoms with E-state index >= 15 is 0 Å². The van der Waals surface area contributed by atoms with Crippen LogP contribution in [0.15, 0.2) is 18.7 Å². The first-order chi connectivity index (χ1) is 8.78. The van der Waals surface area contributed by atoms with Crippen molar-refractivity contribution in [2.24, 2.45) is 5.73 Å². The molecule has 0 aromatic carbocycles. The highest BCUT2D eigenvalue weighted by molar-refractivity contribution is 5.63. The van der Waals surface area contributed by atoms with E-state index < -0.39 is 0 Å². The second-order valence-electron chi connectivity index (χ2n) is 4.52. The summed E-state index contributed by atoms with van der Waals surface area (Å²) in [7, 11) is 0. The molecule has 2 N–H and O–H groups in total. The Morgan fingerprint density at radius 1 is 1.50 bits per heavy atom. The number of nitrogens with zero attached hydrogens (tertiary/aromatic N) is 5. The van der Waals surface area contributed by atoms with Gasteiger partial charge in [0.2, 0.25) is 5.65 Å². The van der Waals surface area contributed by atoms with Crippen molar-refractivity contribution in [2.75, 3.05) is 24.5 Å². The summed E-state index contributed by atoms with van der Waals surface area (Å²) in [4.78, 5) is 6.57. The lowest BCUT2D eigenvalue weighted by Gasteiger charge is -2.36. The van der Waals surface area contributed by atoms with Crippen LogP contribution in [0.2, 0.25) is 0 Å². The zero-order valence-corrected chi connectivity index (χ0v) is 10.2. The Balaban J connectivity index is 1.96. The van der Waals surface area contributed by atoms with Crippen molar-refractivity contribution in [1.29, 1.82) is 0 Å². The third-order valence-electron chi connectivity index (χ3n) is 3.09. The SMILES string of the molecule is CC1CN(c2nccn3cnnc23)CC(CN)O1. The first-order valence-corrected chi connectivity index (χ1v) is 6.02. The highest BCUT2D eigenvalue weighted by Gasteiger charge is 2.26. The third-order valence-corrected chi connectivity index (χ3v) is 3.09. The molecule has 2 aromatic rings. The Labute approximate surface area is 105 Å². The van der Waals surface area contributed by atoms with Gasteiger partial charge in [0.15, 0.2) is 5.82 Å². The molecule has 3 rings (SSSR count). The molecule has 3 heterocycles. The van der Waals surface area contributed by atoms with Crippen LogP contribution in [0.3, 0.4) is 0 Å². The molecule has 0 aliphatic carbocycles. The molecular formula is C11H16N6O. The number of aromatic nitrogens is 4. The maximum Gasteiger partial charge on any atom is 0.203 e. The van der Waals surface area contributed by atoms with E-state index in [0.29, 0.717) is 6.54 Å². The quantitative estimate of drug-likeness (QED) is 0.784. The number of fused-ring (bicyclic) bond motifs is 1. The Morgan fingerprint density at radius 3 is 3.22 bits per heavy atom. The van der Waals surface area contributed by atoms with Gasteiger partial charge in [0.05, 0.1) is 12.2 Å². The fraction of sp³-hybridized carbons (Fsp3) is 0.545. The molecule has 0 amide bonds. The van der Waals surface area contributed by atoms with E-state index in [9.17, 15) is 0 Å². The molecule has 1 aliphatic rings. The minimum atomic E-state index is 0.0405. The molecule has 2 aromatic heterocycles. The molecule has 0 bridgehead atoms. The topological polar surface area (TPSA) is 81.6 Å². The van der Waals surface area contributed by atoms with Crippen LogP contribution in [-0.4, -0.2) is 51.4 Å². The first-order valence-electron chi connectivity index (χ1n) is 6.02. The lowest BCUT2D eigenvalue weighted by Crippen LogP contribution is -2.49. The molecule has 0 spiro atoms. The average Bonchev–Trinajstić information content (AvgIpc) is 2.85. The second kappa shape index (κ2) is 4.51. The smallest absolute Gasteiger partial charge is 0.203 e. The number of anilines is 1. The minimum absolute atomic E-state index is 0.0405. The molecule has 18 heavy (non-hydrogen) atoms. The van der Waals surface area contributed by atoms with Gasteiger partial charge >= 0.3 is 0 Å². The van der Waals surface area contributed by atoms with Gasteiger partial charge < -0.3 is 15.4 Å². The van der Waals surface area contributed by atoms with Crippen LogP contribution in [0, 0.1) is 0 Å². The van der Waals surface area contributed by atoms with Gasteiger partial charge in [-0.2, -0.15) is 0 Å². The van der Waals surface area contributed by atoms with E-state index in [1.54, 1.807) is 12.5 Å². The van der Waals surface area contributed by atoms with E-state index in [1.807, 2.05) is 17.5 Å². The minimum Gasteiger partial charge on any atom is -0.370 e. The molecule has 7 nitrogen and oxygen atoms in total. The molecule has 7 heteroatoms. The predicted molar refractivity (Wildman–Crippen MR) is 66.4 cm³/mol. The maximum atomic E-state index is 5.74. The van der Waals surface area contributed by atoms with Gasteiger partial charge in [-0.15, -0.1) is 10.2 Å². The molecule has 2 unspecified atom stereocenters. The van der Waals surface area contributed by atoms with Crippen LogP contribution in [0.5, 0.6) is 0 Å². The molecular weight excluding hydrogens is 232 g/mol. The number of morpholine rings is 1. The van der Waals surface area contributed by atoms with Crippen LogP contribution in [0.25, 0.3) is 5.65 Å². The normalized spacial score (nSPS) is 24.7. The third kappa shape index (κ3) is 1.91. The molecule has 0 radical (unpaired) electrons. The van der Waals surface area contributed by atoms with E-state index in [1.165, 1.54) is 0 Å². The predicted octanol–water partition coefficient (Wildman–Crippen LogP) is -0.323. The number of rotatable bonds is 2. The highest BCUT2D eigenvalue weighted by atomic mass is 16.5. The van der Waals surface area contributed by atoms with Gasteiger partial charge in [-0.3, -0.25) is 4.40 Å². The van der Waals surface area contributed by atoms with E-state index in [2.05, 4.69) is 20.1 Å². The summed E-state index contributed by atoms with van der Waals surface area (Å²) in [5.41, 5.74) is 6.46. The van der Waals surface area contributed by atoms with Crippen LogP contribution >= 0.6 is 0 Å². The van der Waals surface area contributed by atoms with Crippen molar-refractivity contribution >= 4 is 11.5 Å². The zero-order valence-electron chi connectivity index (χ0n) is 10.2. The van der Waals surface area contributed by atoms with Crippen LogP contribution < -0.4 is 10.6 Å². The number of ether oxygens (including phenoxy) is 1. The summed E-state index contributed by atoms with van der Waals surface area (Å²) < 4.78 is 7.60. The van der Waals surface area contributed by atoms with Crippen molar-refractivity contribution in [3.05, 3.63) is 18.7 Å². The summed E-state index contributed by atoms with van der Waals surface area (Å²) in [6.45, 7) is 4.08. The fourth-order valence-electron chi connectivity index (χ4n) is 2.32. The van der Waals surface area contributed by atoms with Crippen molar-refractivity contribution in [2.45, 2.75) is 19.1 Å². The van der Waals surface area contributed by atoms with Gasteiger partial charge in [0, 0.05) is 32.0 Å². The average molecular weight is 248 g/mol. The second-order valence-corrected chi connectivity index (χ2v) is 4.52.